The van der Waals surface area contributed by atoms with E-state index >= 15 is 0 Å². The molecule has 0 saturated heterocycles. The highest BCUT2D eigenvalue weighted by atomic mass is 32.2. The number of hydrogen-bond acceptors (Lipinski definition) is 3. The summed E-state index contributed by atoms with van der Waals surface area (Å²) >= 11 is 0. The van der Waals surface area contributed by atoms with Gasteiger partial charge in [0.15, 0.2) is 0 Å². The van der Waals surface area contributed by atoms with Gasteiger partial charge in [-0.1, -0.05) is 6.92 Å². The van der Waals surface area contributed by atoms with Crippen LogP contribution in [0.3, 0.4) is 0 Å². The summed E-state index contributed by atoms with van der Waals surface area (Å²) < 4.78 is 62.5. The van der Waals surface area contributed by atoms with Crippen molar-refractivity contribution in [2.45, 2.75) is 30.5 Å². The molecule has 1 rings (SSSR count). The molecule has 0 radical (unpaired) electrons. The number of rotatable bonds is 4. The topological polar surface area (TPSA) is 66.4 Å². The van der Waals surface area contributed by atoms with Crippen LogP contribution >= 0.6 is 0 Å². The number of nitrogens with one attached hydrogen (secondary N) is 1. The third kappa shape index (κ3) is 3.79. The van der Waals surface area contributed by atoms with Gasteiger partial charge in [-0.2, -0.15) is 13.2 Å². The average Bonchev–Trinajstić information content (AvgIpc) is 2.38. The molecule has 118 valence electrons. The molecular weight excluding hydrogens is 314 g/mol. The molecule has 0 aliphatic heterocycles. The Bertz CT molecular complexity index is 572. The third-order valence-corrected chi connectivity index (χ3v) is 4.01. The number of carbonyl (C=O) groups excluding carboxylic acids is 1. The zero-order valence-electron chi connectivity index (χ0n) is 11.1. The maximum atomic E-state index is 13.7. The fraction of sp³-hybridized carbons (Fsp3) is 0.417. The van der Waals surface area contributed by atoms with Crippen molar-refractivity contribution in [2.75, 3.05) is 11.1 Å². The lowest BCUT2D eigenvalue weighted by Gasteiger charge is -2.24. The van der Waals surface area contributed by atoms with Gasteiger partial charge >= 0.3 is 6.18 Å². The van der Waals surface area contributed by atoms with E-state index in [-0.39, 0.29) is 17.6 Å². The molecule has 0 saturated carbocycles. The van der Waals surface area contributed by atoms with E-state index in [9.17, 15) is 26.6 Å². The summed E-state index contributed by atoms with van der Waals surface area (Å²) in [5.74, 6) is -2.60. The van der Waals surface area contributed by atoms with E-state index in [1.54, 1.807) is 12.2 Å². The van der Waals surface area contributed by atoms with E-state index in [0.717, 1.165) is 12.1 Å². The first-order chi connectivity index (χ1) is 9.50. The molecule has 4 nitrogen and oxygen atoms in total. The molecule has 1 amide bonds. The highest BCUT2D eigenvalue weighted by Gasteiger charge is 2.55. The molecular formula is C12H13F4NO3S. The smallest absolute Gasteiger partial charge is 0.373 e. The molecule has 2 atom stereocenters. The predicted molar refractivity (Wildman–Crippen MR) is 68.7 cm³/mol. The number of halogens is 4. The van der Waals surface area contributed by atoms with Crippen LogP contribution in [-0.2, 0) is 15.6 Å². The van der Waals surface area contributed by atoms with Crippen molar-refractivity contribution in [3.05, 3.63) is 24.0 Å². The van der Waals surface area contributed by atoms with Gasteiger partial charge in [0.25, 0.3) is 5.91 Å². The van der Waals surface area contributed by atoms with Crippen molar-refractivity contribution >= 4 is 22.4 Å². The first-order valence-electron chi connectivity index (χ1n) is 5.79. The van der Waals surface area contributed by atoms with Gasteiger partial charge in [-0.05, 0) is 25.1 Å². The Morgan fingerprint density at radius 1 is 1.38 bits per heavy atom. The minimum absolute atomic E-state index is 0.149. The SMILES string of the molecule is CC[S@@](=O)c1ccc(NC(=O)C(C)(O)C(F)(F)F)c(F)c1. The Morgan fingerprint density at radius 2 is 1.95 bits per heavy atom. The van der Waals surface area contributed by atoms with Gasteiger partial charge in [-0.25, -0.2) is 4.39 Å². The predicted octanol–water partition coefficient (Wildman–Crippen LogP) is 2.21. The first kappa shape index (κ1) is 17.6. The number of aliphatic hydroxyl groups is 1. The molecule has 1 aromatic rings. The van der Waals surface area contributed by atoms with Crippen molar-refractivity contribution in [3.8, 4) is 0 Å². The maximum Gasteiger partial charge on any atom is 0.426 e. The largest absolute Gasteiger partial charge is 0.426 e. The van der Waals surface area contributed by atoms with Crippen LogP contribution in [0.15, 0.2) is 23.1 Å². The van der Waals surface area contributed by atoms with Crippen molar-refractivity contribution in [1.82, 2.24) is 0 Å². The molecule has 21 heavy (non-hydrogen) atoms. The summed E-state index contributed by atoms with van der Waals surface area (Å²) in [5.41, 5.74) is -4.19. The van der Waals surface area contributed by atoms with Crippen LogP contribution in [0.5, 0.6) is 0 Å². The van der Waals surface area contributed by atoms with E-state index in [1.807, 2.05) is 0 Å². The highest BCUT2D eigenvalue weighted by Crippen LogP contribution is 2.31. The Morgan fingerprint density at radius 3 is 2.38 bits per heavy atom. The fourth-order valence-corrected chi connectivity index (χ4v) is 2.07. The third-order valence-electron chi connectivity index (χ3n) is 2.71. The molecule has 0 aromatic heterocycles. The Balaban J connectivity index is 3.00. The van der Waals surface area contributed by atoms with Gasteiger partial charge < -0.3 is 10.4 Å². The van der Waals surface area contributed by atoms with Crippen LogP contribution in [-0.4, -0.2) is 32.8 Å². The average molecular weight is 327 g/mol. The lowest BCUT2D eigenvalue weighted by Crippen LogP contribution is -2.52. The number of amides is 1. The van der Waals surface area contributed by atoms with Crippen LogP contribution in [0.25, 0.3) is 0 Å². The van der Waals surface area contributed by atoms with Gasteiger partial charge in [0.2, 0.25) is 5.60 Å². The fourth-order valence-electron chi connectivity index (χ4n) is 1.28. The second-order valence-corrected chi connectivity index (χ2v) is 6.04. The van der Waals surface area contributed by atoms with Crippen molar-refractivity contribution in [2.24, 2.45) is 0 Å². The summed E-state index contributed by atoms with van der Waals surface area (Å²) in [6, 6.07) is 3.07. The van der Waals surface area contributed by atoms with Gasteiger partial charge in [0.05, 0.1) is 16.5 Å². The van der Waals surface area contributed by atoms with Crippen LogP contribution in [0, 0.1) is 5.82 Å². The molecule has 0 bridgehead atoms. The van der Waals surface area contributed by atoms with E-state index in [2.05, 4.69) is 0 Å². The quantitative estimate of drug-likeness (QED) is 0.833. The minimum Gasteiger partial charge on any atom is -0.373 e. The number of hydrogen-bond donors (Lipinski definition) is 2. The molecule has 0 aliphatic carbocycles. The Labute approximate surface area is 120 Å². The zero-order valence-corrected chi connectivity index (χ0v) is 11.9. The first-order valence-corrected chi connectivity index (χ1v) is 7.11. The van der Waals surface area contributed by atoms with Crippen molar-refractivity contribution < 1.29 is 31.7 Å². The lowest BCUT2D eigenvalue weighted by molar-refractivity contribution is -0.242. The second kappa shape index (κ2) is 6.10. The zero-order chi connectivity index (χ0) is 16.4. The monoisotopic (exact) mass is 327 g/mol. The summed E-state index contributed by atoms with van der Waals surface area (Å²) in [7, 11) is -1.43. The summed E-state index contributed by atoms with van der Waals surface area (Å²) in [6.45, 7) is 1.88. The molecule has 1 unspecified atom stereocenters. The summed E-state index contributed by atoms with van der Waals surface area (Å²) in [5, 5.41) is 10.8. The number of benzene rings is 1. The van der Waals surface area contributed by atoms with Gasteiger partial charge in [-0.3, -0.25) is 9.00 Å². The molecule has 0 aliphatic rings. The molecule has 9 heteroatoms. The van der Waals surface area contributed by atoms with E-state index in [4.69, 9.17) is 5.11 Å². The van der Waals surface area contributed by atoms with Crippen LogP contribution < -0.4 is 5.32 Å². The number of alkyl halides is 3. The molecule has 0 heterocycles. The van der Waals surface area contributed by atoms with Crippen molar-refractivity contribution in [3.63, 3.8) is 0 Å². The van der Waals surface area contributed by atoms with E-state index in [0.29, 0.717) is 0 Å². The molecule has 0 spiro atoms. The van der Waals surface area contributed by atoms with E-state index < -0.39 is 40.0 Å². The highest BCUT2D eigenvalue weighted by molar-refractivity contribution is 7.85. The van der Waals surface area contributed by atoms with Gasteiger partial charge in [0, 0.05) is 10.6 Å². The Hall–Kier alpha value is -1.48. The minimum atomic E-state index is -5.20. The van der Waals surface area contributed by atoms with Crippen molar-refractivity contribution in [1.29, 1.82) is 0 Å². The summed E-state index contributed by atoms with van der Waals surface area (Å²) in [4.78, 5) is 11.5. The van der Waals surface area contributed by atoms with E-state index in [1.165, 1.54) is 6.07 Å². The second-order valence-electron chi connectivity index (χ2n) is 4.30. The summed E-state index contributed by atoms with van der Waals surface area (Å²) in [6.07, 6.45) is -5.20. The molecule has 1 aromatic carbocycles. The van der Waals surface area contributed by atoms with Crippen LogP contribution in [0.2, 0.25) is 0 Å². The van der Waals surface area contributed by atoms with Gasteiger partial charge in [-0.15, -0.1) is 0 Å². The number of carbonyl (C=O) groups is 1. The number of anilines is 1. The maximum absolute atomic E-state index is 13.7. The molecule has 0 fully saturated rings. The van der Waals surface area contributed by atoms with Crippen LogP contribution in [0.1, 0.15) is 13.8 Å². The lowest BCUT2D eigenvalue weighted by atomic mass is 10.1. The Kier molecular flexibility index (Phi) is 5.11. The standard InChI is InChI=1S/C12H13F4NO3S/c1-3-21(20)7-4-5-9(8(13)6-7)17-10(18)11(2,19)12(14,15)16/h4-6,19H,3H2,1-2H3,(H,17,18)/t11?,21-/m1/s1. The van der Waals surface area contributed by atoms with Crippen LogP contribution in [0.4, 0.5) is 23.2 Å². The molecule has 2 N–H and O–H groups in total. The van der Waals surface area contributed by atoms with Gasteiger partial charge in [0.1, 0.15) is 5.82 Å². The normalized spacial score (nSPS) is 16.1.